The lowest BCUT2D eigenvalue weighted by atomic mass is 9.90. The van der Waals surface area contributed by atoms with Gasteiger partial charge in [-0.2, -0.15) is 0 Å². The Morgan fingerprint density at radius 1 is 0.921 bits per heavy atom. The highest BCUT2D eigenvalue weighted by molar-refractivity contribution is 6.24. The molecule has 3 aromatic rings. The molecule has 0 bridgehead atoms. The summed E-state index contributed by atoms with van der Waals surface area (Å²) in [6, 6.07) is 22.1. The Morgan fingerprint density at radius 3 is 2.29 bits per heavy atom. The number of amides is 3. The van der Waals surface area contributed by atoms with E-state index in [9.17, 15) is 14.4 Å². The number of likely N-dealkylation sites (N-methyl/N-ethyl adjacent to an activating group) is 1. The lowest BCUT2D eigenvalue weighted by molar-refractivity contribution is -0.115. The Morgan fingerprint density at radius 2 is 1.61 bits per heavy atom. The van der Waals surface area contributed by atoms with Gasteiger partial charge in [-0.05, 0) is 61.5 Å². The van der Waals surface area contributed by atoms with E-state index in [2.05, 4.69) is 22.6 Å². The molecule has 0 aliphatic carbocycles. The monoisotopic (exact) mass is 509 g/mol. The molecule has 38 heavy (non-hydrogen) atoms. The van der Waals surface area contributed by atoms with E-state index in [1.54, 1.807) is 24.3 Å². The predicted molar refractivity (Wildman–Crippen MR) is 148 cm³/mol. The van der Waals surface area contributed by atoms with Crippen molar-refractivity contribution in [3.63, 3.8) is 0 Å². The number of carbonyl (C=O) groups excluding carboxylic acids is 3. The molecule has 2 aliphatic rings. The summed E-state index contributed by atoms with van der Waals surface area (Å²) in [6.45, 7) is 5.54. The summed E-state index contributed by atoms with van der Waals surface area (Å²) in [5, 5.41) is 5.72. The molecule has 1 saturated heterocycles. The van der Waals surface area contributed by atoms with Gasteiger partial charge in [0.25, 0.3) is 11.8 Å². The highest BCUT2D eigenvalue weighted by atomic mass is 16.2. The largest absolute Gasteiger partial charge is 0.352 e. The number of hydrogen-bond acceptors (Lipinski definition) is 5. The van der Waals surface area contributed by atoms with E-state index in [-0.39, 0.29) is 17.7 Å². The highest BCUT2D eigenvalue weighted by Gasteiger charge is 2.36. The third kappa shape index (κ3) is 5.21. The minimum absolute atomic E-state index is 0.0175. The molecule has 2 N–H and O–H groups in total. The van der Waals surface area contributed by atoms with Crippen LogP contribution in [0.25, 0.3) is 0 Å². The van der Waals surface area contributed by atoms with Crippen molar-refractivity contribution in [2.75, 3.05) is 45.1 Å². The van der Waals surface area contributed by atoms with Gasteiger partial charge in [0.05, 0.1) is 11.4 Å². The number of rotatable bonds is 6. The Hall–Kier alpha value is -4.30. The molecular formula is C30H31N5O3. The number of benzene rings is 3. The first kappa shape index (κ1) is 25.4. The van der Waals surface area contributed by atoms with Gasteiger partial charge in [-0.25, -0.2) is 0 Å². The van der Waals surface area contributed by atoms with Crippen LogP contribution in [0.2, 0.25) is 0 Å². The van der Waals surface area contributed by atoms with E-state index in [1.807, 2.05) is 60.4 Å². The molecule has 1 atom stereocenters. The number of aliphatic imine (C=N–C) groups is 1. The van der Waals surface area contributed by atoms with Gasteiger partial charge in [0, 0.05) is 49.5 Å². The molecule has 8 nitrogen and oxygen atoms in total. The maximum atomic E-state index is 13.2. The van der Waals surface area contributed by atoms with Crippen molar-refractivity contribution in [3.8, 4) is 0 Å². The van der Waals surface area contributed by atoms with Crippen molar-refractivity contribution < 1.29 is 14.4 Å². The zero-order valence-electron chi connectivity index (χ0n) is 21.6. The van der Waals surface area contributed by atoms with E-state index in [0.717, 1.165) is 24.2 Å². The Kier molecular flexibility index (Phi) is 7.33. The minimum atomic E-state index is -0.637. The summed E-state index contributed by atoms with van der Waals surface area (Å²) in [7, 11) is 2.06. The molecule has 1 unspecified atom stereocenters. The molecule has 0 saturated carbocycles. The topological polar surface area (TPSA) is 94.1 Å². The van der Waals surface area contributed by atoms with E-state index < -0.39 is 5.92 Å². The number of nitrogens with zero attached hydrogens (tertiary/aromatic N) is 3. The van der Waals surface area contributed by atoms with Gasteiger partial charge in [0.2, 0.25) is 5.91 Å². The van der Waals surface area contributed by atoms with Crippen molar-refractivity contribution in [1.29, 1.82) is 0 Å². The minimum Gasteiger partial charge on any atom is -0.352 e. The average Bonchev–Trinajstić information content (AvgIpc) is 3.27. The molecular weight excluding hydrogens is 478 g/mol. The number of anilines is 1. The SMILES string of the molecule is CCNC(=O)c1ccc2c(c1)NC(=O)C2C(=Nc1ccc(C(=O)N2CCN(C)CC2)cc1)c1ccccc1. The maximum Gasteiger partial charge on any atom is 0.253 e. The van der Waals surface area contributed by atoms with Crippen LogP contribution in [0.3, 0.4) is 0 Å². The third-order valence-electron chi connectivity index (χ3n) is 6.98. The van der Waals surface area contributed by atoms with Gasteiger partial charge in [-0.15, -0.1) is 0 Å². The lowest BCUT2D eigenvalue weighted by Crippen LogP contribution is -2.47. The van der Waals surface area contributed by atoms with Crippen molar-refractivity contribution in [3.05, 3.63) is 95.1 Å². The van der Waals surface area contributed by atoms with Gasteiger partial charge in [-0.3, -0.25) is 19.4 Å². The van der Waals surface area contributed by atoms with E-state index in [0.29, 0.717) is 47.8 Å². The molecule has 2 heterocycles. The van der Waals surface area contributed by atoms with Crippen molar-refractivity contribution >= 4 is 34.8 Å². The van der Waals surface area contributed by atoms with E-state index >= 15 is 0 Å². The first-order chi connectivity index (χ1) is 18.4. The number of fused-ring (bicyclic) bond motifs is 1. The molecule has 1 fully saturated rings. The molecule has 3 amide bonds. The van der Waals surface area contributed by atoms with Gasteiger partial charge in [-0.1, -0.05) is 36.4 Å². The van der Waals surface area contributed by atoms with Gasteiger partial charge in [0.15, 0.2) is 0 Å². The second kappa shape index (κ2) is 11.0. The van der Waals surface area contributed by atoms with Gasteiger partial charge >= 0.3 is 0 Å². The van der Waals surface area contributed by atoms with Crippen LogP contribution in [0.15, 0.2) is 77.8 Å². The number of piperazine rings is 1. The van der Waals surface area contributed by atoms with Gasteiger partial charge < -0.3 is 20.4 Å². The van der Waals surface area contributed by atoms with Crippen molar-refractivity contribution in [1.82, 2.24) is 15.1 Å². The van der Waals surface area contributed by atoms with Crippen LogP contribution in [-0.2, 0) is 4.79 Å². The third-order valence-corrected chi connectivity index (χ3v) is 6.98. The summed E-state index contributed by atoms with van der Waals surface area (Å²) in [5.74, 6) is -1.00. The van der Waals surface area contributed by atoms with Crippen LogP contribution < -0.4 is 10.6 Å². The summed E-state index contributed by atoms with van der Waals surface area (Å²) in [4.78, 5) is 47.5. The standard InChI is InChI=1S/C30H31N5O3/c1-3-31-28(36)22-11-14-24-25(19-22)33-29(37)26(24)27(20-7-5-4-6-8-20)32-23-12-9-21(10-13-23)30(38)35-17-15-34(2)16-18-35/h4-14,19,26H,3,15-18H2,1-2H3,(H,31,36)(H,33,37). The normalized spacial score (nSPS) is 17.6. The Balaban J connectivity index is 1.46. The van der Waals surface area contributed by atoms with E-state index in [1.165, 1.54) is 0 Å². The molecule has 194 valence electrons. The Bertz CT molecular complexity index is 1380. The summed E-state index contributed by atoms with van der Waals surface area (Å²) < 4.78 is 0. The van der Waals surface area contributed by atoms with E-state index in [4.69, 9.17) is 4.99 Å². The number of carbonyl (C=O) groups is 3. The molecule has 0 aromatic heterocycles. The second-order valence-corrected chi connectivity index (χ2v) is 9.59. The van der Waals surface area contributed by atoms with Crippen LogP contribution in [-0.4, -0.2) is 73.0 Å². The first-order valence-electron chi connectivity index (χ1n) is 12.9. The van der Waals surface area contributed by atoms with Crippen LogP contribution in [0.4, 0.5) is 11.4 Å². The zero-order chi connectivity index (χ0) is 26.6. The molecule has 5 rings (SSSR count). The Labute approximate surface area is 222 Å². The van der Waals surface area contributed by atoms with Crippen LogP contribution in [0.5, 0.6) is 0 Å². The molecule has 0 radical (unpaired) electrons. The molecule has 3 aromatic carbocycles. The average molecular weight is 510 g/mol. The maximum absolute atomic E-state index is 13.2. The zero-order valence-corrected chi connectivity index (χ0v) is 21.6. The summed E-state index contributed by atoms with van der Waals surface area (Å²) >= 11 is 0. The van der Waals surface area contributed by atoms with Crippen LogP contribution in [0.1, 0.15) is 44.7 Å². The van der Waals surface area contributed by atoms with Gasteiger partial charge in [0.1, 0.15) is 5.92 Å². The summed E-state index contributed by atoms with van der Waals surface area (Å²) in [5.41, 5.74) is 4.57. The molecule has 8 heteroatoms. The van der Waals surface area contributed by atoms with Crippen LogP contribution >= 0.6 is 0 Å². The van der Waals surface area contributed by atoms with Crippen molar-refractivity contribution in [2.24, 2.45) is 4.99 Å². The van der Waals surface area contributed by atoms with Crippen LogP contribution in [0, 0.1) is 0 Å². The fourth-order valence-electron chi connectivity index (χ4n) is 4.85. The quantitative estimate of drug-likeness (QED) is 0.496. The summed E-state index contributed by atoms with van der Waals surface area (Å²) in [6.07, 6.45) is 0. The fraction of sp³-hybridized carbons (Fsp3) is 0.267. The molecule has 0 spiro atoms. The number of hydrogen-bond donors (Lipinski definition) is 2. The first-order valence-corrected chi connectivity index (χ1v) is 12.9. The fourth-order valence-corrected chi connectivity index (χ4v) is 4.85. The predicted octanol–water partition coefficient (Wildman–Crippen LogP) is 3.68. The van der Waals surface area contributed by atoms with Crippen molar-refractivity contribution in [2.45, 2.75) is 12.8 Å². The highest BCUT2D eigenvalue weighted by Crippen LogP contribution is 2.37. The number of nitrogens with one attached hydrogen (secondary N) is 2. The smallest absolute Gasteiger partial charge is 0.253 e. The molecule has 2 aliphatic heterocycles. The second-order valence-electron chi connectivity index (χ2n) is 9.59. The lowest BCUT2D eigenvalue weighted by Gasteiger charge is -2.32.